The highest BCUT2D eigenvalue weighted by Crippen LogP contribution is 2.12. The molecule has 1 rings (SSSR count). The van der Waals surface area contributed by atoms with Gasteiger partial charge in [-0.1, -0.05) is 5.11 Å². The van der Waals surface area contributed by atoms with E-state index in [0.29, 0.717) is 0 Å². The molecule has 0 fully saturated rings. The third-order valence-electron chi connectivity index (χ3n) is 0.892. The molecule has 1 aromatic rings. The topological polar surface area (TPSA) is 61.7 Å². The molecule has 0 atom stereocenters. The van der Waals surface area contributed by atoms with Gasteiger partial charge in [-0.2, -0.15) is 4.39 Å². The van der Waals surface area contributed by atoms with Gasteiger partial charge >= 0.3 is 0 Å². The lowest BCUT2D eigenvalue weighted by Crippen LogP contribution is -1.78. The lowest BCUT2D eigenvalue weighted by Gasteiger charge is -1.88. The van der Waals surface area contributed by atoms with Crippen molar-refractivity contribution in [3.8, 4) is 0 Å². The summed E-state index contributed by atoms with van der Waals surface area (Å²) in [5.41, 5.74) is 7.83. The number of azide groups is 1. The molecule has 10 heavy (non-hydrogen) atoms. The van der Waals surface area contributed by atoms with Crippen molar-refractivity contribution in [1.82, 2.24) is 4.98 Å². The molecule has 4 nitrogen and oxygen atoms in total. The molecule has 1 aromatic heterocycles. The highest BCUT2D eigenvalue weighted by molar-refractivity contribution is 5.33. The molecule has 50 valence electrons. The molecule has 1 heterocycles. The lowest BCUT2D eigenvalue weighted by atomic mass is 10.4. The number of rotatable bonds is 1. The SMILES string of the molecule is [N-]=[N+]=Nc1cccnc1F. The molecule has 0 saturated heterocycles. The van der Waals surface area contributed by atoms with Crippen LogP contribution in [-0.4, -0.2) is 4.98 Å². The Bertz CT molecular complexity index is 279. The van der Waals surface area contributed by atoms with E-state index < -0.39 is 5.95 Å². The summed E-state index contributed by atoms with van der Waals surface area (Å²) in [4.78, 5) is 5.68. The first-order valence-corrected chi connectivity index (χ1v) is 2.50. The molecular weight excluding hydrogens is 135 g/mol. The third kappa shape index (κ3) is 1.21. The fourth-order valence-electron chi connectivity index (χ4n) is 0.500. The highest BCUT2D eigenvalue weighted by atomic mass is 19.1. The Morgan fingerprint density at radius 1 is 1.70 bits per heavy atom. The first kappa shape index (κ1) is 6.51. The van der Waals surface area contributed by atoms with E-state index in [1.165, 1.54) is 18.3 Å². The molecule has 0 radical (unpaired) electrons. The van der Waals surface area contributed by atoms with E-state index in [1.54, 1.807) is 0 Å². The number of hydrogen-bond donors (Lipinski definition) is 0. The Hall–Kier alpha value is -1.61. The zero-order valence-corrected chi connectivity index (χ0v) is 4.90. The summed E-state index contributed by atoms with van der Waals surface area (Å²) < 4.78 is 12.4. The van der Waals surface area contributed by atoms with Gasteiger partial charge in [-0.25, -0.2) is 4.98 Å². The molecule has 0 aliphatic rings. The van der Waals surface area contributed by atoms with Crippen LogP contribution in [0.15, 0.2) is 23.4 Å². The summed E-state index contributed by atoms with van der Waals surface area (Å²) in [5.74, 6) is -0.750. The van der Waals surface area contributed by atoms with Crippen LogP contribution in [0.4, 0.5) is 10.1 Å². The second-order valence-electron chi connectivity index (χ2n) is 1.50. The van der Waals surface area contributed by atoms with Crippen LogP contribution in [0.3, 0.4) is 0 Å². The standard InChI is InChI=1S/C5H3FN4/c6-5-4(9-10-7)2-1-3-8-5/h1-3H. The summed E-state index contributed by atoms with van der Waals surface area (Å²) >= 11 is 0. The van der Waals surface area contributed by atoms with Gasteiger partial charge in [-0.05, 0) is 17.7 Å². The van der Waals surface area contributed by atoms with Gasteiger partial charge < -0.3 is 0 Å². The fraction of sp³-hybridized carbons (Fsp3) is 0. The average molecular weight is 138 g/mol. The highest BCUT2D eigenvalue weighted by Gasteiger charge is 1.95. The summed E-state index contributed by atoms with van der Waals surface area (Å²) in [6, 6.07) is 2.84. The minimum Gasteiger partial charge on any atom is -0.228 e. The molecule has 0 unspecified atom stereocenters. The molecule has 0 spiro atoms. The smallest absolute Gasteiger partial charge is 0.222 e. The number of nitrogens with zero attached hydrogens (tertiary/aromatic N) is 4. The quantitative estimate of drug-likeness (QED) is 0.254. The molecule has 0 aliphatic carbocycles. The Morgan fingerprint density at radius 2 is 2.50 bits per heavy atom. The molecule has 0 saturated carbocycles. The van der Waals surface area contributed by atoms with Crippen LogP contribution in [0.1, 0.15) is 0 Å². The molecule has 0 aromatic carbocycles. The van der Waals surface area contributed by atoms with Gasteiger partial charge in [0, 0.05) is 11.1 Å². The maximum Gasteiger partial charge on any atom is 0.222 e. The summed E-state index contributed by atoms with van der Waals surface area (Å²) in [5, 5.41) is 3.05. The first-order chi connectivity index (χ1) is 4.84. The van der Waals surface area contributed by atoms with Gasteiger partial charge in [-0.15, -0.1) is 0 Å². The first-order valence-electron chi connectivity index (χ1n) is 2.50. The zero-order chi connectivity index (χ0) is 7.40. The van der Waals surface area contributed by atoms with Crippen molar-refractivity contribution in [3.05, 3.63) is 34.7 Å². The maximum atomic E-state index is 12.4. The zero-order valence-electron chi connectivity index (χ0n) is 4.90. The van der Waals surface area contributed by atoms with E-state index >= 15 is 0 Å². The van der Waals surface area contributed by atoms with Crippen molar-refractivity contribution in [2.75, 3.05) is 0 Å². The molecule has 0 amide bonds. The number of hydrogen-bond acceptors (Lipinski definition) is 2. The van der Waals surface area contributed by atoms with Crippen molar-refractivity contribution < 1.29 is 4.39 Å². The van der Waals surface area contributed by atoms with Crippen LogP contribution in [0.5, 0.6) is 0 Å². The van der Waals surface area contributed by atoms with Crippen molar-refractivity contribution in [1.29, 1.82) is 0 Å². The fourth-order valence-corrected chi connectivity index (χ4v) is 0.500. The Labute approximate surface area is 56.0 Å². The van der Waals surface area contributed by atoms with Gasteiger partial charge in [0.15, 0.2) is 0 Å². The van der Waals surface area contributed by atoms with E-state index in [2.05, 4.69) is 15.0 Å². The van der Waals surface area contributed by atoms with Gasteiger partial charge in [-0.3, -0.25) is 0 Å². The van der Waals surface area contributed by atoms with Crippen LogP contribution in [0.2, 0.25) is 0 Å². The largest absolute Gasteiger partial charge is 0.228 e. The summed E-state index contributed by atoms with van der Waals surface area (Å²) in [6.45, 7) is 0. The number of pyridine rings is 1. The molecule has 0 aliphatic heterocycles. The average Bonchev–Trinajstić information content (AvgIpc) is 1.94. The van der Waals surface area contributed by atoms with Gasteiger partial charge in [0.05, 0.1) is 5.69 Å². The molecule has 0 bridgehead atoms. The van der Waals surface area contributed by atoms with Crippen LogP contribution >= 0.6 is 0 Å². The van der Waals surface area contributed by atoms with Crippen LogP contribution in [0.25, 0.3) is 10.4 Å². The molecule has 5 heteroatoms. The van der Waals surface area contributed by atoms with E-state index in [0.717, 1.165) is 0 Å². The predicted molar refractivity (Wildman–Crippen MR) is 33.0 cm³/mol. The predicted octanol–water partition coefficient (Wildman–Crippen LogP) is 2.16. The second-order valence-corrected chi connectivity index (χ2v) is 1.50. The minimum atomic E-state index is -0.750. The number of halogens is 1. The second kappa shape index (κ2) is 2.80. The van der Waals surface area contributed by atoms with Gasteiger partial charge in [0.25, 0.3) is 0 Å². The van der Waals surface area contributed by atoms with E-state index in [1.807, 2.05) is 0 Å². The lowest BCUT2D eigenvalue weighted by molar-refractivity contribution is 0.586. The van der Waals surface area contributed by atoms with Crippen LogP contribution in [-0.2, 0) is 0 Å². The monoisotopic (exact) mass is 138 g/mol. The van der Waals surface area contributed by atoms with Crippen molar-refractivity contribution >= 4 is 5.69 Å². The van der Waals surface area contributed by atoms with Crippen molar-refractivity contribution in [3.63, 3.8) is 0 Å². The van der Waals surface area contributed by atoms with Crippen molar-refractivity contribution in [2.24, 2.45) is 5.11 Å². The van der Waals surface area contributed by atoms with Crippen LogP contribution < -0.4 is 0 Å². The van der Waals surface area contributed by atoms with Crippen LogP contribution in [0, 0.1) is 5.95 Å². The van der Waals surface area contributed by atoms with Gasteiger partial charge in [0.2, 0.25) is 5.95 Å². The minimum absolute atomic E-state index is 0.0787. The summed E-state index contributed by atoms with van der Waals surface area (Å²) in [6.07, 6.45) is 1.28. The number of aromatic nitrogens is 1. The van der Waals surface area contributed by atoms with E-state index in [-0.39, 0.29) is 5.69 Å². The van der Waals surface area contributed by atoms with Crippen molar-refractivity contribution in [2.45, 2.75) is 0 Å². The van der Waals surface area contributed by atoms with Gasteiger partial charge in [0.1, 0.15) is 0 Å². The third-order valence-corrected chi connectivity index (χ3v) is 0.892. The Balaban J connectivity index is 3.14. The normalized spacial score (nSPS) is 8.50. The Kier molecular flexibility index (Phi) is 1.82. The maximum absolute atomic E-state index is 12.4. The van der Waals surface area contributed by atoms with E-state index in [4.69, 9.17) is 5.53 Å². The molecular formula is C5H3FN4. The van der Waals surface area contributed by atoms with E-state index in [9.17, 15) is 4.39 Å². The summed E-state index contributed by atoms with van der Waals surface area (Å²) in [7, 11) is 0. The Morgan fingerprint density at radius 3 is 3.10 bits per heavy atom. The molecule has 0 N–H and O–H groups in total.